The summed E-state index contributed by atoms with van der Waals surface area (Å²) >= 11 is 0. The molecule has 0 unspecified atom stereocenters. The van der Waals surface area contributed by atoms with E-state index in [0.717, 1.165) is 29.5 Å². The lowest BCUT2D eigenvalue weighted by Gasteiger charge is -2.31. The van der Waals surface area contributed by atoms with Crippen molar-refractivity contribution in [3.05, 3.63) is 66.6 Å². The second-order valence-electron chi connectivity index (χ2n) is 6.77. The Morgan fingerprint density at radius 3 is 2.56 bits per heavy atom. The molecule has 2 amide bonds. The predicted molar refractivity (Wildman–Crippen MR) is 103 cm³/mol. The van der Waals surface area contributed by atoms with Crippen LogP contribution in [0.2, 0.25) is 0 Å². The first-order valence-corrected chi connectivity index (χ1v) is 9.15. The van der Waals surface area contributed by atoms with Crippen LogP contribution in [0, 0.1) is 0 Å². The van der Waals surface area contributed by atoms with Crippen LogP contribution in [0.3, 0.4) is 0 Å². The Bertz CT molecular complexity index is 939. The van der Waals surface area contributed by atoms with Gasteiger partial charge in [0.15, 0.2) is 12.3 Å². The van der Waals surface area contributed by atoms with E-state index in [0.29, 0.717) is 25.4 Å². The number of rotatable bonds is 4. The molecule has 4 rings (SSSR count). The largest absolute Gasteiger partial charge is 0.459 e. The number of hydrogen-bond donors (Lipinski definition) is 2. The molecular formula is C21H22N3O3+. The van der Waals surface area contributed by atoms with E-state index in [9.17, 15) is 9.59 Å². The van der Waals surface area contributed by atoms with Crippen LogP contribution in [0.15, 0.2) is 65.3 Å². The molecule has 0 atom stereocenters. The van der Waals surface area contributed by atoms with Crippen LogP contribution in [0.1, 0.15) is 10.6 Å². The predicted octanol–water partition coefficient (Wildman–Crippen LogP) is 1.41. The minimum Gasteiger partial charge on any atom is -0.459 e. The van der Waals surface area contributed by atoms with E-state index in [1.165, 1.54) is 11.2 Å². The monoisotopic (exact) mass is 364 g/mol. The normalized spacial score (nSPS) is 15.0. The Hall–Kier alpha value is -3.12. The topological polar surface area (TPSA) is 67.0 Å². The average molecular weight is 364 g/mol. The summed E-state index contributed by atoms with van der Waals surface area (Å²) in [7, 11) is 0. The molecular weight excluding hydrogens is 342 g/mol. The number of quaternary nitrogens is 1. The van der Waals surface area contributed by atoms with Crippen LogP contribution in [0.25, 0.3) is 10.8 Å². The van der Waals surface area contributed by atoms with E-state index in [1.54, 1.807) is 17.0 Å². The van der Waals surface area contributed by atoms with Gasteiger partial charge in [-0.1, -0.05) is 36.4 Å². The van der Waals surface area contributed by atoms with Gasteiger partial charge in [0.1, 0.15) is 0 Å². The first-order valence-electron chi connectivity index (χ1n) is 9.15. The van der Waals surface area contributed by atoms with Gasteiger partial charge in [-0.15, -0.1) is 0 Å². The number of carbonyl (C=O) groups excluding carboxylic acids is 2. The zero-order valence-corrected chi connectivity index (χ0v) is 15.0. The van der Waals surface area contributed by atoms with E-state index in [1.807, 2.05) is 42.5 Å². The lowest BCUT2D eigenvalue weighted by Crippen LogP contribution is -3.15. The molecule has 27 heavy (non-hydrogen) atoms. The molecule has 0 saturated carbocycles. The number of nitrogens with zero attached hydrogens (tertiary/aromatic N) is 1. The summed E-state index contributed by atoms with van der Waals surface area (Å²) in [6.07, 6.45) is 1.51. The van der Waals surface area contributed by atoms with Crippen LogP contribution in [0.5, 0.6) is 0 Å². The van der Waals surface area contributed by atoms with Crippen molar-refractivity contribution in [1.82, 2.24) is 4.90 Å². The molecule has 1 aliphatic heterocycles. The van der Waals surface area contributed by atoms with E-state index in [4.69, 9.17) is 4.42 Å². The Kier molecular flexibility index (Phi) is 4.89. The van der Waals surface area contributed by atoms with Crippen LogP contribution in [0.4, 0.5) is 5.69 Å². The fourth-order valence-electron chi connectivity index (χ4n) is 3.51. The third-order valence-corrected chi connectivity index (χ3v) is 4.96. The number of piperazine rings is 1. The molecule has 0 bridgehead atoms. The van der Waals surface area contributed by atoms with Gasteiger partial charge in [0, 0.05) is 11.1 Å². The molecule has 1 saturated heterocycles. The first kappa shape index (κ1) is 17.3. The first-order chi connectivity index (χ1) is 13.2. The summed E-state index contributed by atoms with van der Waals surface area (Å²) in [6, 6.07) is 17.3. The van der Waals surface area contributed by atoms with E-state index < -0.39 is 0 Å². The minimum absolute atomic E-state index is 0.00726. The molecule has 1 fully saturated rings. The summed E-state index contributed by atoms with van der Waals surface area (Å²) in [4.78, 5) is 27.8. The highest BCUT2D eigenvalue weighted by Gasteiger charge is 2.27. The van der Waals surface area contributed by atoms with Gasteiger partial charge in [0.05, 0.1) is 32.4 Å². The van der Waals surface area contributed by atoms with Crippen molar-refractivity contribution in [2.45, 2.75) is 0 Å². The molecule has 6 heteroatoms. The van der Waals surface area contributed by atoms with Crippen LogP contribution < -0.4 is 10.2 Å². The number of benzene rings is 2. The summed E-state index contributed by atoms with van der Waals surface area (Å²) in [6.45, 7) is 3.13. The van der Waals surface area contributed by atoms with Crippen LogP contribution in [-0.2, 0) is 4.79 Å². The maximum Gasteiger partial charge on any atom is 0.289 e. The SMILES string of the molecule is O=C(C[NH+]1CCN(C(=O)c2ccco2)CC1)Nc1cccc2ccccc12. The van der Waals surface area contributed by atoms with Crippen molar-refractivity contribution in [3.8, 4) is 0 Å². The Morgan fingerprint density at radius 1 is 1.00 bits per heavy atom. The van der Waals surface area contributed by atoms with Gasteiger partial charge in [-0.3, -0.25) is 9.59 Å². The molecule has 3 aromatic rings. The number of fused-ring (bicyclic) bond motifs is 1. The third kappa shape index (κ3) is 3.85. The summed E-state index contributed by atoms with van der Waals surface area (Å²) < 4.78 is 5.18. The zero-order chi connectivity index (χ0) is 18.6. The third-order valence-electron chi connectivity index (χ3n) is 4.96. The van der Waals surface area contributed by atoms with Crippen molar-refractivity contribution >= 4 is 28.3 Å². The van der Waals surface area contributed by atoms with Gasteiger partial charge in [0.25, 0.3) is 11.8 Å². The van der Waals surface area contributed by atoms with E-state index in [2.05, 4.69) is 5.32 Å². The van der Waals surface area contributed by atoms with Gasteiger partial charge < -0.3 is 19.5 Å². The van der Waals surface area contributed by atoms with Crippen molar-refractivity contribution < 1.29 is 18.9 Å². The second-order valence-corrected chi connectivity index (χ2v) is 6.77. The van der Waals surface area contributed by atoms with Gasteiger partial charge in [0.2, 0.25) is 0 Å². The lowest BCUT2D eigenvalue weighted by molar-refractivity contribution is -0.895. The Balaban J connectivity index is 1.32. The molecule has 0 spiro atoms. The maximum atomic E-state index is 12.5. The summed E-state index contributed by atoms with van der Waals surface area (Å²) in [5.41, 5.74) is 0.837. The Morgan fingerprint density at radius 2 is 1.78 bits per heavy atom. The van der Waals surface area contributed by atoms with Gasteiger partial charge in [-0.05, 0) is 23.6 Å². The lowest BCUT2D eigenvalue weighted by atomic mass is 10.1. The standard InChI is InChI=1S/C21H21N3O3/c25-20(22-18-8-3-6-16-5-1-2-7-17(16)18)15-23-10-12-24(13-11-23)21(26)19-9-4-14-27-19/h1-9,14H,10-13,15H2,(H,22,25)/p+1. The van der Waals surface area contributed by atoms with Crippen molar-refractivity contribution in [2.24, 2.45) is 0 Å². The smallest absolute Gasteiger partial charge is 0.289 e. The molecule has 2 N–H and O–H groups in total. The number of hydrogen-bond acceptors (Lipinski definition) is 3. The highest BCUT2D eigenvalue weighted by atomic mass is 16.3. The minimum atomic E-state index is -0.0840. The number of furan rings is 1. The molecule has 2 heterocycles. The quantitative estimate of drug-likeness (QED) is 0.736. The fraction of sp³-hybridized carbons (Fsp3) is 0.238. The van der Waals surface area contributed by atoms with Gasteiger partial charge in [-0.2, -0.15) is 0 Å². The second kappa shape index (κ2) is 7.63. The fourth-order valence-corrected chi connectivity index (χ4v) is 3.51. The van der Waals surface area contributed by atoms with Gasteiger partial charge in [-0.25, -0.2) is 0 Å². The van der Waals surface area contributed by atoms with Crippen molar-refractivity contribution in [2.75, 3.05) is 38.0 Å². The van der Waals surface area contributed by atoms with Crippen LogP contribution >= 0.6 is 0 Å². The zero-order valence-electron chi connectivity index (χ0n) is 15.0. The van der Waals surface area contributed by atoms with E-state index in [-0.39, 0.29) is 11.8 Å². The number of carbonyl (C=O) groups is 2. The average Bonchev–Trinajstić information content (AvgIpc) is 3.23. The molecule has 0 radical (unpaired) electrons. The highest BCUT2D eigenvalue weighted by Crippen LogP contribution is 2.22. The van der Waals surface area contributed by atoms with Crippen molar-refractivity contribution in [3.63, 3.8) is 0 Å². The number of anilines is 1. The summed E-state index contributed by atoms with van der Waals surface area (Å²) in [5.74, 6) is 0.276. The molecule has 0 aliphatic carbocycles. The van der Waals surface area contributed by atoms with Crippen LogP contribution in [-0.4, -0.2) is 49.4 Å². The molecule has 6 nitrogen and oxygen atoms in total. The van der Waals surface area contributed by atoms with Crippen molar-refractivity contribution in [1.29, 1.82) is 0 Å². The molecule has 1 aromatic heterocycles. The molecule has 2 aromatic carbocycles. The van der Waals surface area contributed by atoms with Gasteiger partial charge >= 0.3 is 0 Å². The molecule has 1 aliphatic rings. The number of amides is 2. The summed E-state index contributed by atoms with van der Waals surface area (Å²) in [5, 5.41) is 5.18. The maximum absolute atomic E-state index is 12.5. The Labute approximate surface area is 157 Å². The van der Waals surface area contributed by atoms with E-state index >= 15 is 0 Å². The molecule has 138 valence electrons. The highest BCUT2D eigenvalue weighted by molar-refractivity contribution is 6.02. The number of nitrogens with one attached hydrogen (secondary N) is 2.